The SMILES string of the molecule is C=N.COc1cccc(-c2ccc(C3(CN4CCSC(C)(CO)CC4=N)CC3)cc2)n1. The van der Waals surface area contributed by atoms with Gasteiger partial charge in [-0.05, 0) is 38.1 Å². The first kappa shape index (κ1) is 23.3. The number of benzene rings is 1. The van der Waals surface area contributed by atoms with Crippen molar-refractivity contribution in [1.29, 1.82) is 10.8 Å². The van der Waals surface area contributed by atoms with E-state index in [0.29, 0.717) is 18.1 Å². The van der Waals surface area contributed by atoms with E-state index >= 15 is 0 Å². The van der Waals surface area contributed by atoms with Crippen molar-refractivity contribution in [1.82, 2.24) is 9.88 Å². The van der Waals surface area contributed by atoms with Gasteiger partial charge in [-0.25, -0.2) is 4.98 Å². The summed E-state index contributed by atoms with van der Waals surface area (Å²) in [5.41, 5.74) is 3.49. The number of aliphatic hydroxyl groups is 1. The van der Waals surface area contributed by atoms with Gasteiger partial charge >= 0.3 is 0 Å². The lowest BCUT2D eigenvalue weighted by molar-refractivity contribution is 0.257. The maximum absolute atomic E-state index is 9.71. The molecule has 166 valence electrons. The highest BCUT2D eigenvalue weighted by molar-refractivity contribution is 8.00. The van der Waals surface area contributed by atoms with E-state index in [4.69, 9.17) is 15.6 Å². The number of nitrogens with one attached hydrogen (secondary N) is 2. The van der Waals surface area contributed by atoms with Gasteiger partial charge in [-0.2, -0.15) is 11.8 Å². The van der Waals surface area contributed by atoms with Crippen molar-refractivity contribution in [2.45, 2.75) is 36.3 Å². The van der Waals surface area contributed by atoms with Gasteiger partial charge in [0.25, 0.3) is 0 Å². The highest BCUT2D eigenvalue weighted by Gasteiger charge is 2.46. The Labute approximate surface area is 189 Å². The maximum Gasteiger partial charge on any atom is 0.213 e. The molecule has 1 aliphatic carbocycles. The Balaban J connectivity index is 0.00000132. The van der Waals surface area contributed by atoms with Crippen LogP contribution in [0.4, 0.5) is 0 Å². The van der Waals surface area contributed by atoms with E-state index in [2.05, 4.69) is 47.8 Å². The third kappa shape index (κ3) is 5.28. The molecule has 1 atom stereocenters. The molecule has 0 radical (unpaired) electrons. The van der Waals surface area contributed by atoms with E-state index < -0.39 is 0 Å². The second-order valence-corrected chi connectivity index (χ2v) is 10.1. The zero-order valence-electron chi connectivity index (χ0n) is 18.4. The van der Waals surface area contributed by atoms with Gasteiger partial charge in [0.15, 0.2) is 0 Å². The number of rotatable bonds is 6. The molecule has 1 aliphatic heterocycles. The minimum atomic E-state index is -0.228. The predicted octanol–water partition coefficient (Wildman–Crippen LogP) is 4.22. The van der Waals surface area contributed by atoms with E-state index in [9.17, 15) is 5.11 Å². The summed E-state index contributed by atoms with van der Waals surface area (Å²) in [6.45, 7) is 6.46. The molecule has 0 amide bonds. The van der Waals surface area contributed by atoms with Gasteiger partial charge < -0.3 is 20.2 Å². The van der Waals surface area contributed by atoms with E-state index in [-0.39, 0.29) is 16.8 Å². The number of nitrogens with zero attached hydrogens (tertiary/aromatic N) is 2. The zero-order chi connectivity index (χ0) is 22.5. The largest absolute Gasteiger partial charge is 0.481 e. The van der Waals surface area contributed by atoms with Crippen molar-refractivity contribution in [2.24, 2.45) is 0 Å². The highest BCUT2D eigenvalue weighted by atomic mass is 32.2. The van der Waals surface area contributed by atoms with Gasteiger partial charge in [0.1, 0.15) is 0 Å². The average Bonchev–Trinajstić information content (AvgIpc) is 3.62. The molecule has 1 unspecified atom stereocenters. The van der Waals surface area contributed by atoms with Gasteiger partial charge in [-0.15, -0.1) is 0 Å². The summed E-state index contributed by atoms with van der Waals surface area (Å²) in [6, 6.07) is 14.5. The number of aromatic nitrogens is 1. The quantitative estimate of drug-likeness (QED) is 0.585. The predicted molar refractivity (Wildman–Crippen MR) is 129 cm³/mol. The lowest BCUT2D eigenvalue weighted by Gasteiger charge is -2.30. The van der Waals surface area contributed by atoms with Crippen LogP contribution >= 0.6 is 11.8 Å². The Kier molecular flexibility index (Phi) is 7.38. The fourth-order valence-electron chi connectivity index (χ4n) is 4.07. The highest BCUT2D eigenvalue weighted by Crippen LogP contribution is 2.49. The lowest BCUT2D eigenvalue weighted by atomic mass is 9.93. The number of amidine groups is 1. The van der Waals surface area contributed by atoms with Gasteiger partial charge in [-0.1, -0.05) is 30.3 Å². The van der Waals surface area contributed by atoms with Gasteiger partial charge in [0.05, 0.1) is 25.2 Å². The maximum atomic E-state index is 9.71. The molecular formula is C24H32N4O2S. The van der Waals surface area contributed by atoms with Crippen LogP contribution in [-0.2, 0) is 5.41 Å². The van der Waals surface area contributed by atoms with E-state index in [0.717, 1.165) is 42.9 Å². The van der Waals surface area contributed by atoms with E-state index in [1.807, 2.05) is 18.2 Å². The number of ether oxygens (including phenoxy) is 1. The van der Waals surface area contributed by atoms with Crippen molar-refractivity contribution in [2.75, 3.05) is 32.6 Å². The third-order valence-corrected chi connectivity index (χ3v) is 7.50. The molecule has 2 fully saturated rings. The zero-order valence-corrected chi connectivity index (χ0v) is 19.2. The summed E-state index contributed by atoms with van der Waals surface area (Å²) in [6.07, 6.45) is 2.96. The van der Waals surface area contributed by atoms with Crippen molar-refractivity contribution in [3.63, 3.8) is 0 Å². The summed E-state index contributed by atoms with van der Waals surface area (Å²) in [5.74, 6) is 2.24. The van der Waals surface area contributed by atoms with E-state index in [1.54, 1.807) is 18.9 Å². The van der Waals surface area contributed by atoms with Gasteiger partial charge in [-0.3, -0.25) is 5.41 Å². The Hall–Kier alpha value is -2.38. The molecule has 2 aromatic rings. The van der Waals surface area contributed by atoms with Crippen molar-refractivity contribution < 1.29 is 9.84 Å². The van der Waals surface area contributed by atoms with Crippen LogP contribution in [0.25, 0.3) is 11.3 Å². The standard InChI is InChI=1S/C23H29N3O2S.CH3N/c1-22(16-27)14-20(24)26(12-13-29-22)15-23(10-11-23)18-8-6-17(7-9-18)19-4-3-5-21(25-19)28-2;1-2/h3-9,24,27H,10-16H2,1-2H3;2H,1H2. The molecule has 1 saturated carbocycles. The summed E-state index contributed by atoms with van der Waals surface area (Å²) in [5, 5.41) is 23.8. The average molecular weight is 441 g/mol. The fraction of sp³-hybridized carbons (Fsp3) is 0.458. The molecule has 2 heterocycles. The fourth-order valence-corrected chi connectivity index (χ4v) is 5.20. The monoisotopic (exact) mass is 440 g/mol. The van der Waals surface area contributed by atoms with Crippen LogP contribution in [0.15, 0.2) is 42.5 Å². The molecule has 0 spiro atoms. The molecular weight excluding hydrogens is 408 g/mol. The molecule has 1 aromatic carbocycles. The van der Waals surface area contributed by atoms with Crippen LogP contribution in [0.2, 0.25) is 0 Å². The van der Waals surface area contributed by atoms with Crippen molar-refractivity contribution in [3.8, 4) is 17.1 Å². The summed E-state index contributed by atoms with van der Waals surface area (Å²) in [7, 11) is 1.63. The van der Waals surface area contributed by atoms with Crippen molar-refractivity contribution in [3.05, 3.63) is 48.0 Å². The second-order valence-electron chi connectivity index (χ2n) is 8.42. The smallest absolute Gasteiger partial charge is 0.213 e. The Morgan fingerprint density at radius 3 is 2.52 bits per heavy atom. The Morgan fingerprint density at radius 1 is 1.19 bits per heavy atom. The first-order chi connectivity index (χ1) is 15.0. The topological polar surface area (TPSA) is 93.3 Å². The van der Waals surface area contributed by atoms with Gasteiger partial charge in [0.2, 0.25) is 5.88 Å². The van der Waals surface area contributed by atoms with E-state index in [1.165, 1.54) is 5.56 Å². The normalized spacial score (nSPS) is 22.2. The summed E-state index contributed by atoms with van der Waals surface area (Å²) in [4.78, 5) is 6.76. The molecule has 3 N–H and O–H groups in total. The molecule has 2 aliphatic rings. The number of aliphatic hydroxyl groups excluding tert-OH is 1. The number of methoxy groups -OCH3 is 1. The lowest BCUT2D eigenvalue weighted by Crippen LogP contribution is -2.39. The third-order valence-electron chi connectivity index (χ3n) is 6.14. The Morgan fingerprint density at radius 2 is 1.90 bits per heavy atom. The van der Waals surface area contributed by atoms with Gasteiger partial charge in [0, 0.05) is 47.1 Å². The summed E-state index contributed by atoms with van der Waals surface area (Å²) >= 11 is 1.79. The molecule has 31 heavy (non-hydrogen) atoms. The van der Waals surface area contributed by atoms with Crippen LogP contribution in [0.3, 0.4) is 0 Å². The number of hydrogen-bond donors (Lipinski definition) is 3. The first-order valence-electron chi connectivity index (χ1n) is 10.5. The minimum Gasteiger partial charge on any atom is -0.481 e. The molecule has 0 bridgehead atoms. The van der Waals surface area contributed by atoms with Crippen LogP contribution in [0, 0.1) is 10.8 Å². The number of pyridine rings is 1. The summed E-state index contributed by atoms with van der Waals surface area (Å²) < 4.78 is 5.01. The van der Waals surface area contributed by atoms with Crippen LogP contribution < -0.4 is 4.74 Å². The molecule has 1 aromatic heterocycles. The second kappa shape index (κ2) is 9.83. The molecule has 6 nitrogen and oxygen atoms in total. The minimum absolute atomic E-state index is 0.124. The van der Waals surface area contributed by atoms with Crippen LogP contribution in [-0.4, -0.2) is 64.8 Å². The first-order valence-corrected chi connectivity index (χ1v) is 11.5. The molecule has 7 heteroatoms. The van der Waals surface area contributed by atoms with Crippen LogP contribution in [0.5, 0.6) is 5.88 Å². The van der Waals surface area contributed by atoms with Crippen molar-refractivity contribution >= 4 is 24.3 Å². The molecule has 1 saturated heterocycles. The number of thioether (sulfide) groups is 1. The molecule has 4 rings (SSSR count). The number of hydrogen-bond acceptors (Lipinski definition) is 6. The Bertz CT molecular complexity index is 901. The van der Waals surface area contributed by atoms with Crippen LogP contribution in [0.1, 0.15) is 31.7 Å².